The van der Waals surface area contributed by atoms with Crippen LogP contribution in [0.15, 0.2) is 197 Å². The van der Waals surface area contributed by atoms with Crippen LogP contribution in [0.4, 0.5) is 5.69 Å². The number of para-hydroxylation sites is 2. The lowest BCUT2D eigenvalue weighted by atomic mass is 9.94. The zero-order valence-corrected chi connectivity index (χ0v) is 28.5. The third kappa shape index (κ3) is 5.44. The minimum absolute atomic E-state index is 0.250. The summed E-state index contributed by atoms with van der Waals surface area (Å²) >= 11 is 0. The zero-order chi connectivity index (χ0) is 34.3. The molecule has 0 radical (unpaired) electrons. The minimum atomic E-state index is -0.250. The third-order valence-electron chi connectivity index (χ3n) is 10.0. The molecule has 3 aliphatic rings. The maximum Gasteiger partial charge on any atom is 0.159 e. The molecular weight excluding hydrogens is 623 g/mol. The number of aliphatic imine (C=N–C) groups is 2. The van der Waals surface area contributed by atoms with E-state index in [0.717, 1.165) is 69.0 Å². The van der Waals surface area contributed by atoms with Gasteiger partial charge >= 0.3 is 0 Å². The molecule has 6 aromatic rings. The summed E-state index contributed by atoms with van der Waals surface area (Å²) in [6.45, 7) is 4.44. The van der Waals surface area contributed by atoms with Gasteiger partial charge in [0.15, 0.2) is 5.84 Å². The summed E-state index contributed by atoms with van der Waals surface area (Å²) in [5, 5.41) is 2.44. The van der Waals surface area contributed by atoms with Crippen molar-refractivity contribution < 1.29 is 0 Å². The smallest absolute Gasteiger partial charge is 0.159 e. The topological polar surface area (TPSA) is 36.1 Å². The van der Waals surface area contributed by atoms with Crippen LogP contribution < -0.4 is 4.90 Å². The Morgan fingerprint density at radius 1 is 0.686 bits per heavy atom. The summed E-state index contributed by atoms with van der Waals surface area (Å²) in [7, 11) is 2.08. The molecule has 1 aromatic heterocycles. The summed E-state index contributed by atoms with van der Waals surface area (Å²) < 4.78 is 2.38. The van der Waals surface area contributed by atoms with E-state index in [1.54, 1.807) is 0 Å². The van der Waals surface area contributed by atoms with Gasteiger partial charge in [-0.25, -0.2) is 9.98 Å². The first-order valence-corrected chi connectivity index (χ1v) is 17.5. The fourth-order valence-corrected chi connectivity index (χ4v) is 7.55. The van der Waals surface area contributed by atoms with Crippen LogP contribution in [0.1, 0.15) is 35.7 Å². The standard InChI is InChI=1S/C46H37N5/c1-32-17-15-16-28-50(41-25-12-9-22-38(32)41)36-29-35(30-37(31-36)51-42-26-13-10-23-39(42)40-24-11-14-27-43(40)51)44-47-45(33-18-5-3-6-19-33)49(2)46(48-44)34-20-7-4-8-21-34/h3-8,10-21,23-31,45H,1,9,22H2,2H3/b17-15-,28-16-. The molecule has 51 heavy (non-hydrogen) atoms. The van der Waals surface area contributed by atoms with E-state index in [1.807, 2.05) is 12.1 Å². The number of amidine groups is 2. The number of anilines is 1. The van der Waals surface area contributed by atoms with Crippen LogP contribution in [0.25, 0.3) is 27.5 Å². The monoisotopic (exact) mass is 659 g/mol. The molecule has 1 aliphatic carbocycles. The molecule has 0 amide bonds. The molecule has 0 spiro atoms. The molecule has 5 heteroatoms. The van der Waals surface area contributed by atoms with Gasteiger partial charge in [-0.1, -0.05) is 122 Å². The fourth-order valence-electron chi connectivity index (χ4n) is 7.55. The second-order valence-corrected chi connectivity index (χ2v) is 13.2. The Hall–Kier alpha value is -6.46. The normalized spacial score (nSPS) is 18.7. The first-order chi connectivity index (χ1) is 25.1. The molecule has 0 bridgehead atoms. The lowest BCUT2D eigenvalue weighted by Gasteiger charge is -2.33. The van der Waals surface area contributed by atoms with Gasteiger partial charge in [0, 0.05) is 52.2 Å². The largest absolute Gasteiger partial charge is 0.333 e. The van der Waals surface area contributed by atoms with Gasteiger partial charge in [-0.05, 0) is 72.0 Å². The van der Waals surface area contributed by atoms with Crippen LogP contribution in [0.2, 0.25) is 0 Å². The van der Waals surface area contributed by atoms with Crippen LogP contribution in [-0.4, -0.2) is 28.2 Å². The van der Waals surface area contributed by atoms with Gasteiger partial charge in [0.2, 0.25) is 0 Å². The molecule has 2 aliphatic heterocycles. The van der Waals surface area contributed by atoms with Gasteiger partial charge in [0.1, 0.15) is 12.0 Å². The second-order valence-electron chi connectivity index (χ2n) is 13.2. The van der Waals surface area contributed by atoms with Crippen LogP contribution in [-0.2, 0) is 0 Å². The Labute approximate surface area is 298 Å². The van der Waals surface area contributed by atoms with Gasteiger partial charge in [-0.2, -0.15) is 0 Å². The van der Waals surface area contributed by atoms with Gasteiger partial charge in [0.25, 0.3) is 0 Å². The maximum atomic E-state index is 5.40. The molecule has 3 heterocycles. The van der Waals surface area contributed by atoms with Crippen LogP contribution in [0.3, 0.4) is 0 Å². The number of benzene rings is 5. The van der Waals surface area contributed by atoms with Crippen molar-refractivity contribution in [2.45, 2.75) is 19.0 Å². The molecular formula is C46H37N5. The summed E-state index contributed by atoms with van der Waals surface area (Å²) in [4.78, 5) is 15.2. The van der Waals surface area contributed by atoms with Gasteiger partial charge in [0.05, 0.1) is 11.0 Å². The van der Waals surface area contributed by atoms with Crippen molar-refractivity contribution in [2.24, 2.45) is 9.98 Å². The maximum absolute atomic E-state index is 5.40. The molecule has 5 nitrogen and oxygen atoms in total. The molecule has 1 atom stereocenters. The summed E-state index contributed by atoms with van der Waals surface area (Å²) in [5.41, 5.74) is 10.9. The van der Waals surface area contributed by atoms with Crippen molar-refractivity contribution in [3.05, 3.63) is 204 Å². The Kier molecular flexibility index (Phi) is 7.66. The number of hydrogen-bond donors (Lipinski definition) is 0. The molecule has 246 valence electrons. The highest BCUT2D eigenvalue weighted by Crippen LogP contribution is 2.38. The average molecular weight is 660 g/mol. The lowest BCUT2D eigenvalue weighted by Crippen LogP contribution is -2.35. The van der Waals surface area contributed by atoms with Crippen LogP contribution in [0, 0.1) is 0 Å². The average Bonchev–Trinajstić information content (AvgIpc) is 3.52. The summed E-state index contributed by atoms with van der Waals surface area (Å²) in [6.07, 6.45) is 14.6. The van der Waals surface area contributed by atoms with Crippen molar-refractivity contribution in [3.8, 4) is 5.69 Å². The Bertz CT molecular complexity index is 2460. The van der Waals surface area contributed by atoms with Gasteiger partial charge in [-0.15, -0.1) is 0 Å². The van der Waals surface area contributed by atoms with Crippen molar-refractivity contribution in [1.29, 1.82) is 0 Å². The SMILES string of the molecule is C=C1/C=C\C=C/N(c2cc(C3=NC(c4ccccc4)N(C)C(c4ccccc4)=N3)cc(-n3c4ccccc4c4ccccc43)c2)C2=C1CCC=C2. The minimum Gasteiger partial charge on any atom is -0.333 e. The number of allylic oxidation sites excluding steroid dienone is 7. The van der Waals surface area contributed by atoms with Crippen molar-refractivity contribution in [3.63, 3.8) is 0 Å². The van der Waals surface area contributed by atoms with E-state index in [1.165, 1.54) is 16.3 Å². The zero-order valence-electron chi connectivity index (χ0n) is 28.5. The highest BCUT2D eigenvalue weighted by atomic mass is 15.3. The van der Waals surface area contributed by atoms with Crippen molar-refractivity contribution in [1.82, 2.24) is 9.47 Å². The van der Waals surface area contributed by atoms with E-state index in [4.69, 9.17) is 9.98 Å². The van der Waals surface area contributed by atoms with Crippen molar-refractivity contribution in [2.75, 3.05) is 11.9 Å². The number of nitrogens with zero attached hydrogens (tertiary/aromatic N) is 5. The Morgan fingerprint density at radius 2 is 1.35 bits per heavy atom. The molecule has 0 N–H and O–H groups in total. The Balaban J connectivity index is 1.32. The van der Waals surface area contributed by atoms with E-state index < -0.39 is 0 Å². The molecule has 9 rings (SSSR count). The number of aromatic nitrogens is 1. The molecule has 1 unspecified atom stereocenters. The van der Waals surface area contributed by atoms with Crippen molar-refractivity contribution >= 4 is 39.2 Å². The third-order valence-corrected chi connectivity index (χ3v) is 10.0. The molecule has 5 aromatic carbocycles. The fraction of sp³-hybridized carbons (Fsp3) is 0.0870. The van der Waals surface area contributed by atoms with E-state index in [9.17, 15) is 0 Å². The second kappa shape index (κ2) is 12.8. The number of fused-ring (bicyclic) bond motifs is 3. The predicted molar refractivity (Wildman–Crippen MR) is 213 cm³/mol. The molecule has 0 saturated heterocycles. The summed E-state index contributed by atoms with van der Waals surface area (Å²) in [6, 6.07) is 45.0. The Morgan fingerprint density at radius 3 is 2.10 bits per heavy atom. The van der Waals surface area contributed by atoms with E-state index in [0.29, 0.717) is 5.84 Å². The van der Waals surface area contributed by atoms with E-state index in [-0.39, 0.29) is 6.17 Å². The van der Waals surface area contributed by atoms with E-state index >= 15 is 0 Å². The number of hydrogen-bond acceptors (Lipinski definition) is 4. The number of rotatable bonds is 5. The highest BCUT2D eigenvalue weighted by Gasteiger charge is 2.28. The van der Waals surface area contributed by atoms with Gasteiger partial charge < -0.3 is 14.4 Å². The summed E-state index contributed by atoms with van der Waals surface area (Å²) in [5.74, 6) is 1.57. The molecule has 0 saturated carbocycles. The van der Waals surface area contributed by atoms with E-state index in [2.05, 4.69) is 180 Å². The van der Waals surface area contributed by atoms with Crippen LogP contribution in [0.5, 0.6) is 0 Å². The highest BCUT2D eigenvalue weighted by molar-refractivity contribution is 6.14. The lowest BCUT2D eigenvalue weighted by molar-refractivity contribution is 0.383. The van der Waals surface area contributed by atoms with Gasteiger partial charge in [-0.3, -0.25) is 0 Å². The first kappa shape index (κ1) is 30.6. The van der Waals surface area contributed by atoms with Crippen LogP contribution >= 0.6 is 0 Å². The molecule has 0 fully saturated rings. The first-order valence-electron chi connectivity index (χ1n) is 17.5. The predicted octanol–water partition coefficient (Wildman–Crippen LogP) is 10.7. The quantitative estimate of drug-likeness (QED) is 0.185.